The number of aryl methyl sites for hydroxylation is 2. The van der Waals surface area contributed by atoms with Crippen molar-refractivity contribution in [1.29, 1.82) is 0 Å². The van der Waals surface area contributed by atoms with E-state index in [0.717, 1.165) is 16.8 Å². The minimum Gasteiger partial charge on any atom is -0.493 e. The molecular formula is C26H32N2O5. The summed E-state index contributed by atoms with van der Waals surface area (Å²) in [5.41, 5.74) is 4.13. The molecule has 3 rings (SSSR count). The zero-order valence-electron chi connectivity index (χ0n) is 20.2. The van der Waals surface area contributed by atoms with E-state index in [-0.39, 0.29) is 30.2 Å². The maximum Gasteiger partial charge on any atom is 0.278 e. The average molecular weight is 453 g/mol. The summed E-state index contributed by atoms with van der Waals surface area (Å²) < 4.78 is 16.3. The van der Waals surface area contributed by atoms with E-state index in [4.69, 9.17) is 14.2 Å². The Morgan fingerprint density at radius 3 is 2.27 bits per heavy atom. The van der Waals surface area contributed by atoms with Gasteiger partial charge in [-0.1, -0.05) is 12.1 Å². The Kier molecular flexibility index (Phi) is 7.76. The lowest BCUT2D eigenvalue weighted by atomic mass is 10.0. The number of anilines is 1. The van der Waals surface area contributed by atoms with Gasteiger partial charge in [0.1, 0.15) is 5.70 Å². The van der Waals surface area contributed by atoms with Crippen molar-refractivity contribution in [2.24, 2.45) is 0 Å². The number of carbonyl (C=O) groups excluding carboxylic acids is 2. The standard InChI is InChI=1S/C26H32N2O5/c1-16(2)33-13-7-12-28-25(29)23(19-9-11-21(31-5)22(15-19)32-6)24(26(28)30)27-20-10-8-17(3)18(4)14-20/h8-11,14-16,27H,7,12-13H2,1-6H3. The number of carbonyl (C=O) groups is 2. The first-order chi connectivity index (χ1) is 15.8. The molecule has 1 N–H and O–H groups in total. The second-order valence-corrected chi connectivity index (χ2v) is 8.28. The van der Waals surface area contributed by atoms with Crippen molar-refractivity contribution >= 4 is 23.1 Å². The van der Waals surface area contributed by atoms with Crippen molar-refractivity contribution in [3.8, 4) is 11.5 Å². The van der Waals surface area contributed by atoms with E-state index >= 15 is 0 Å². The normalized spacial score (nSPS) is 13.8. The van der Waals surface area contributed by atoms with Crippen LogP contribution in [0.3, 0.4) is 0 Å². The first-order valence-electron chi connectivity index (χ1n) is 11.1. The van der Waals surface area contributed by atoms with Crippen LogP contribution in [0.25, 0.3) is 5.57 Å². The molecule has 7 nitrogen and oxygen atoms in total. The van der Waals surface area contributed by atoms with Crippen LogP contribution in [0.1, 0.15) is 37.0 Å². The van der Waals surface area contributed by atoms with Crippen LogP contribution in [0.5, 0.6) is 11.5 Å². The molecule has 0 unspecified atom stereocenters. The van der Waals surface area contributed by atoms with Gasteiger partial charge in [0.2, 0.25) is 0 Å². The van der Waals surface area contributed by atoms with Crippen LogP contribution in [-0.2, 0) is 14.3 Å². The van der Waals surface area contributed by atoms with Crippen LogP contribution >= 0.6 is 0 Å². The van der Waals surface area contributed by atoms with Gasteiger partial charge in [-0.15, -0.1) is 0 Å². The summed E-state index contributed by atoms with van der Waals surface area (Å²) in [6.45, 7) is 8.69. The molecule has 0 saturated heterocycles. The molecule has 2 amide bonds. The molecule has 176 valence electrons. The minimum absolute atomic E-state index is 0.0948. The van der Waals surface area contributed by atoms with Gasteiger partial charge >= 0.3 is 0 Å². The van der Waals surface area contributed by atoms with Crippen LogP contribution in [0.4, 0.5) is 5.69 Å². The Labute approximate surface area is 195 Å². The maximum atomic E-state index is 13.4. The predicted molar refractivity (Wildman–Crippen MR) is 128 cm³/mol. The molecule has 33 heavy (non-hydrogen) atoms. The van der Waals surface area contributed by atoms with Gasteiger partial charge in [0, 0.05) is 18.8 Å². The maximum absolute atomic E-state index is 13.4. The Morgan fingerprint density at radius 2 is 1.64 bits per heavy atom. The molecule has 0 bridgehead atoms. The molecule has 1 aliphatic rings. The lowest BCUT2D eigenvalue weighted by Crippen LogP contribution is -2.34. The van der Waals surface area contributed by atoms with Gasteiger partial charge < -0.3 is 19.5 Å². The van der Waals surface area contributed by atoms with E-state index < -0.39 is 0 Å². The fourth-order valence-corrected chi connectivity index (χ4v) is 3.66. The van der Waals surface area contributed by atoms with Crippen LogP contribution in [0.15, 0.2) is 42.1 Å². The number of hydrogen-bond donors (Lipinski definition) is 1. The van der Waals surface area contributed by atoms with Crippen molar-refractivity contribution < 1.29 is 23.8 Å². The molecule has 1 heterocycles. The van der Waals surface area contributed by atoms with E-state index in [1.807, 2.05) is 45.9 Å². The molecule has 0 atom stereocenters. The Bertz CT molecular complexity index is 1070. The lowest BCUT2D eigenvalue weighted by molar-refractivity contribution is -0.137. The van der Waals surface area contributed by atoms with Gasteiger partial charge in [0.15, 0.2) is 11.5 Å². The third kappa shape index (κ3) is 5.37. The van der Waals surface area contributed by atoms with E-state index in [9.17, 15) is 9.59 Å². The largest absolute Gasteiger partial charge is 0.493 e. The Morgan fingerprint density at radius 1 is 0.909 bits per heavy atom. The molecule has 0 aliphatic carbocycles. The molecule has 0 radical (unpaired) electrons. The summed E-state index contributed by atoms with van der Waals surface area (Å²) in [6, 6.07) is 11.0. The van der Waals surface area contributed by atoms with E-state index in [1.54, 1.807) is 25.3 Å². The monoisotopic (exact) mass is 452 g/mol. The summed E-state index contributed by atoms with van der Waals surface area (Å²) in [6.07, 6.45) is 0.656. The van der Waals surface area contributed by atoms with Gasteiger partial charge in [0.05, 0.1) is 25.9 Å². The highest BCUT2D eigenvalue weighted by atomic mass is 16.5. The molecule has 7 heteroatoms. The van der Waals surface area contributed by atoms with Gasteiger partial charge in [-0.3, -0.25) is 14.5 Å². The minimum atomic E-state index is -0.354. The smallest absolute Gasteiger partial charge is 0.278 e. The summed E-state index contributed by atoms with van der Waals surface area (Å²) >= 11 is 0. The summed E-state index contributed by atoms with van der Waals surface area (Å²) in [4.78, 5) is 28.0. The quantitative estimate of drug-likeness (QED) is 0.427. The number of imide groups is 1. The molecule has 0 saturated carbocycles. The van der Waals surface area contributed by atoms with Crippen molar-refractivity contribution in [1.82, 2.24) is 4.90 Å². The zero-order chi connectivity index (χ0) is 24.1. The number of ether oxygens (including phenoxy) is 3. The second kappa shape index (κ2) is 10.5. The number of rotatable bonds is 10. The number of hydrogen-bond acceptors (Lipinski definition) is 6. The zero-order valence-corrected chi connectivity index (χ0v) is 20.2. The van der Waals surface area contributed by atoms with Crippen molar-refractivity contribution in [2.45, 2.75) is 40.2 Å². The predicted octanol–water partition coefficient (Wildman–Crippen LogP) is 4.33. The number of nitrogens with one attached hydrogen (secondary N) is 1. The number of amides is 2. The highest BCUT2D eigenvalue weighted by Gasteiger charge is 2.39. The highest BCUT2D eigenvalue weighted by molar-refractivity contribution is 6.36. The topological polar surface area (TPSA) is 77.1 Å². The van der Waals surface area contributed by atoms with Crippen molar-refractivity contribution in [3.63, 3.8) is 0 Å². The molecule has 1 aliphatic heterocycles. The molecule has 2 aromatic carbocycles. The summed E-state index contributed by atoms with van der Waals surface area (Å²) in [7, 11) is 3.08. The fourth-order valence-electron chi connectivity index (χ4n) is 3.66. The molecule has 0 aromatic heterocycles. The van der Waals surface area contributed by atoms with E-state index in [2.05, 4.69) is 5.32 Å². The fraction of sp³-hybridized carbons (Fsp3) is 0.385. The third-order valence-electron chi connectivity index (χ3n) is 5.59. The van der Waals surface area contributed by atoms with Gasteiger partial charge in [0.25, 0.3) is 11.8 Å². The van der Waals surface area contributed by atoms with Crippen LogP contribution in [0.2, 0.25) is 0 Å². The summed E-state index contributed by atoms with van der Waals surface area (Å²) in [5.74, 6) is 0.331. The molecule has 0 spiro atoms. The number of benzene rings is 2. The average Bonchev–Trinajstić information content (AvgIpc) is 3.02. The summed E-state index contributed by atoms with van der Waals surface area (Å²) in [5, 5.41) is 3.21. The van der Waals surface area contributed by atoms with Crippen LogP contribution in [0, 0.1) is 13.8 Å². The van der Waals surface area contributed by atoms with Crippen molar-refractivity contribution in [3.05, 3.63) is 58.8 Å². The first-order valence-corrected chi connectivity index (χ1v) is 11.1. The first kappa shape index (κ1) is 24.3. The molecule has 0 fully saturated rings. The molecule has 2 aromatic rings. The highest BCUT2D eigenvalue weighted by Crippen LogP contribution is 2.36. The number of nitrogens with zero attached hydrogens (tertiary/aromatic N) is 1. The van der Waals surface area contributed by atoms with E-state index in [1.165, 1.54) is 12.0 Å². The van der Waals surface area contributed by atoms with Gasteiger partial charge in [-0.2, -0.15) is 0 Å². The van der Waals surface area contributed by atoms with Gasteiger partial charge in [-0.05, 0) is 75.1 Å². The lowest BCUT2D eigenvalue weighted by Gasteiger charge is -2.16. The molecular weight excluding hydrogens is 420 g/mol. The SMILES string of the molecule is COc1ccc(C2=C(Nc3ccc(C)c(C)c3)C(=O)N(CCCOC(C)C)C2=O)cc1OC. The second-order valence-electron chi connectivity index (χ2n) is 8.28. The third-order valence-corrected chi connectivity index (χ3v) is 5.59. The van der Waals surface area contributed by atoms with Crippen LogP contribution in [-0.4, -0.2) is 50.2 Å². The van der Waals surface area contributed by atoms with E-state index in [0.29, 0.717) is 35.7 Å². The Balaban J connectivity index is 1.99. The Hall–Kier alpha value is -3.32. The van der Waals surface area contributed by atoms with Crippen molar-refractivity contribution in [2.75, 3.05) is 32.7 Å². The van der Waals surface area contributed by atoms with Gasteiger partial charge in [-0.25, -0.2) is 0 Å². The number of methoxy groups -OCH3 is 2. The van der Waals surface area contributed by atoms with Crippen LogP contribution < -0.4 is 14.8 Å².